The Bertz CT molecular complexity index is 271. The summed E-state index contributed by atoms with van der Waals surface area (Å²) in [6.45, 7) is 1.93. The summed E-state index contributed by atoms with van der Waals surface area (Å²) < 4.78 is 0. The van der Waals surface area contributed by atoms with E-state index in [0.29, 0.717) is 5.02 Å². The highest BCUT2D eigenvalue weighted by molar-refractivity contribution is 6.30. The summed E-state index contributed by atoms with van der Waals surface area (Å²) in [4.78, 5) is 4.07. The molecule has 0 bridgehead atoms. The van der Waals surface area contributed by atoms with Crippen molar-refractivity contribution in [1.29, 1.82) is 0 Å². The van der Waals surface area contributed by atoms with Crippen LogP contribution in [0.15, 0.2) is 18.3 Å². The molecule has 56 valence electrons. The van der Waals surface area contributed by atoms with Gasteiger partial charge in [0.15, 0.2) is 0 Å². The van der Waals surface area contributed by atoms with Crippen LogP contribution in [0.5, 0.6) is 0 Å². The molecular formula is C9H8ClN. The molecule has 0 aliphatic rings. The Morgan fingerprint density at radius 1 is 1.64 bits per heavy atom. The van der Waals surface area contributed by atoms with Crippen LogP contribution >= 0.6 is 11.6 Å². The van der Waals surface area contributed by atoms with E-state index in [2.05, 4.69) is 10.9 Å². The number of pyridine rings is 1. The number of rotatable bonds is 1. The van der Waals surface area contributed by atoms with Gasteiger partial charge < -0.3 is 0 Å². The lowest BCUT2D eigenvalue weighted by molar-refractivity contribution is 0.937. The maximum atomic E-state index is 5.65. The molecule has 0 aliphatic carbocycles. The summed E-state index contributed by atoms with van der Waals surface area (Å²) in [5, 5.41) is 0.637. The molecule has 0 spiro atoms. The summed E-state index contributed by atoms with van der Waals surface area (Å²) in [6, 6.07) is 3.63. The zero-order chi connectivity index (χ0) is 8.27. The van der Waals surface area contributed by atoms with Gasteiger partial charge in [-0.2, -0.15) is 0 Å². The Kier molecular flexibility index (Phi) is 2.51. The second-order valence-electron chi connectivity index (χ2n) is 2.29. The van der Waals surface area contributed by atoms with E-state index in [1.165, 1.54) is 0 Å². The third kappa shape index (κ3) is 1.96. The van der Waals surface area contributed by atoms with E-state index in [0.717, 1.165) is 5.69 Å². The first-order valence-electron chi connectivity index (χ1n) is 3.31. The molecule has 1 aromatic heterocycles. The normalized spacial score (nSPS) is 12.1. The van der Waals surface area contributed by atoms with Crippen LogP contribution < -0.4 is 0 Å². The van der Waals surface area contributed by atoms with Crippen molar-refractivity contribution in [3.63, 3.8) is 0 Å². The zero-order valence-corrected chi connectivity index (χ0v) is 6.97. The molecule has 0 fully saturated rings. The van der Waals surface area contributed by atoms with Gasteiger partial charge in [-0.1, -0.05) is 17.5 Å². The molecule has 1 heterocycles. The SMILES string of the molecule is C#CC(C)c1ccc(Cl)cn1. The number of terminal acetylenes is 1. The fourth-order valence-corrected chi connectivity index (χ4v) is 0.841. The lowest BCUT2D eigenvalue weighted by Crippen LogP contribution is -1.92. The smallest absolute Gasteiger partial charge is 0.0594 e. The van der Waals surface area contributed by atoms with Gasteiger partial charge in [0, 0.05) is 6.20 Å². The predicted octanol–water partition coefficient (Wildman–Crippen LogP) is 2.47. The van der Waals surface area contributed by atoms with Crippen LogP contribution in [0, 0.1) is 12.3 Å². The van der Waals surface area contributed by atoms with Crippen molar-refractivity contribution in [3.8, 4) is 12.3 Å². The van der Waals surface area contributed by atoms with Gasteiger partial charge in [-0.3, -0.25) is 4.98 Å². The molecule has 0 saturated heterocycles. The number of halogens is 1. The van der Waals surface area contributed by atoms with Crippen LogP contribution in [-0.4, -0.2) is 4.98 Å². The molecule has 1 nitrogen and oxygen atoms in total. The average Bonchev–Trinajstić information content (AvgIpc) is 2.05. The Hall–Kier alpha value is -1.00. The summed E-state index contributed by atoms with van der Waals surface area (Å²) >= 11 is 5.65. The number of nitrogens with zero attached hydrogens (tertiary/aromatic N) is 1. The first kappa shape index (κ1) is 8.10. The van der Waals surface area contributed by atoms with Gasteiger partial charge in [-0.05, 0) is 19.1 Å². The lowest BCUT2D eigenvalue weighted by Gasteiger charge is -2.01. The van der Waals surface area contributed by atoms with Crippen molar-refractivity contribution in [2.24, 2.45) is 0 Å². The predicted molar refractivity (Wildman–Crippen MR) is 46.5 cm³/mol. The van der Waals surface area contributed by atoms with Crippen molar-refractivity contribution in [3.05, 3.63) is 29.0 Å². The molecule has 1 atom stereocenters. The highest BCUT2D eigenvalue weighted by Gasteiger charge is 2.00. The molecule has 1 aromatic rings. The van der Waals surface area contributed by atoms with Crippen LogP contribution in [0.2, 0.25) is 5.02 Å². The molecule has 1 unspecified atom stereocenters. The third-order valence-corrected chi connectivity index (χ3v) is 1.67. The Balaban J connectivity index is 2.92. The second-order valence-corrected chi connectivity index (χ2v) is 2.73. The van der Waals surface area contributed by atoms with E-state index in [9.17, 15) is 0 Å². The monoisotopic (exact) mass is 165 g/mol. The van der Waals surface area contributed by atoms with Gasteiger partial charge in [-0.25, -0.2) is 0 Å². The molecule has 11 heavy (non-hydrogen) atoms. The minimum Gasteiger partial charge on any atom is -0.258 e. The zero-order valence-electron chi connectivity index (χ0n) is 6.21. The molecular weight excluding hydrogens is 158 g/mol. The first-order chi connectivity index (χ1) is 5.24. The topological polar surface area (TPSA) is 12.9 Å². The van der Waals surface area contributed by atoms with Crippen molar-refractivity contribution in [2.45, 2.75) is 12.8 Å². The average molecular weight is 166 g/mol. The maximum Gasteiger partial charge on any atom is 0.0594 e. The van der Waals surface area contributed by atoms with Crippen molar-refractivity contribution in [2.75, 3.05) is 0 Å². The fourth-order valence-electron chi connectivity index (χ4n) is 0.729. The molecule has 0 N–H and O–H groups in total. The van der Waals surface area contributed by atoms with Gasteiger partial charge in [0.05, 0.1) is 16.6 Å². The molecule has 0 aliphatic heterocycles. The highest BCUT2D eigenvalue weighted by Crippen LogP contribution is 2.13. The standard InChI is InChI=1S/C9H8ClN/c1-3-7(2)9-5-4-8(10)6-11-9/h1,4-7H,2H3. The van der Waals surface area contributed by atoms with Crippen LogP contribution in [0.1, 0.15) is 18.5 Å². The van der Waals surface area contributed by atoms with Crippen molar-refractivity contribution in [1.82, 2.24) is 4.98 Å². The van der Waals surface area contributed by atoms with Crippen LogP contribution in [0.4, 0.5) is 0 Å². The maximum absolute atomic E-state index is 5.65. The van der Waals surface area contributed by atoms with E-state index in [1.54, 1.807) is 12.3 Å². The quantitative estimate of drug-likeness (QED) is 0.583. The Morgan fingerprint density at radius 2 is 2.36 bits per heavy atom. The first-order valence-corrected chi connectivity index (χ1v) is 3.69. The van der Waals surface area contributed by atoms with E-state index in [-0.39, 0.29) is 5.92 Å². The third-order valence-electron chi connectivity index (χ3n) is 1.44. The molecule has 0 aromatic carbocycles. The van der Waals surface area contributed by atoms with Gasteiger partial charge in [0.2, 0.25) is 0 Å². The van der Waals surface area contributed by atoms with Crippen LogP contribution in [-0.2, 0) is 0 Å². The molecule has 1 rings (SSSR count). The fraction of sp³-hybridized carbons (Fsp3) is 0.222. The number of hydrogen-bond donors (Lipinski definition) is 0. The summed E-state index contributed by atoms with van der Waals surface area (Å²) in [7, 11) is 0. The number of aromatic nitrogens is 1. The highest BCUT2D eigenvalue weighted by atomic mass is 35.5. The van der Waals surface area contributed by atoms with E-state index in [1.807, 2.05) is 13.0 Å². The van der Waals surface area contributed by atoms with Crippen LogP contribution in [0.3, 0.4) is 0 Å². The number of hydrogen-bond acceptors (Lipinski definition) is 1. The Morgan fingerprint density at radius 3 is 2.82 bits per heavy atom. The molecule has 2 heteroatoms. The lowest BCUT2D eigenvalue weighted by atomic mass is 10.1. The minimum absolute atomic E-state index is 0.0623. The van der Waals surface area contributed by atoms with E-state index in [4.69, 9.17) is 18.0 Å². The van der Waals surface area contributed by atoms with Gasteiger partial charge in [-0.15, -0.1) is 6.42 Å². The molecule has 0 saturated carbocycles. The van der Waals surface area contributed by atoms with Gasteiger partial charge >= 0.3 is 0 Å². The van der Waals surface area contributed by atoms with E-state index >= 15 is 0 Å². The van der Waals surface area contributed by atoms with Gasteiger partial charge in [0.1, 0.15) is 0 Å². The van der Waals surface area contributed by atoms with Gasteiger partial charge in [0.25, 0.3) is 0 Å². The summed E-state index contributed by atoms with van der Waals surface area (Å²) in [5.41, 5.74) is 0.886. The van der Waals surface area contributed by atoms with Crippen molar-refractivity contribution < 1.29 is 0 Å². The summed E-state index contributed by atoms with van der Waals surface area (Å²) in [5.74, 6) is 2.66. The van der Waals surface area contributed by atoms with Crippen molar-refractivity contribution >= 4 is 11.6 Å². The molecule has 0 amide bonds. The van der Waals surface area contributed by atoms with E-state index < -0.39 is 0 Å². The van der Waals surface area contributed by atoms with Crippen LogP contribution in [0.25, 0.3) is 0 Å². The minimum atomic E-state index is 0.0623. The Labute approximate surface area is 71.4 Å². The molecule has 0 radical (unpaired) electrons. The largest absolute Gasteiger partial charge is 0.258 e. The summed E-state index contributed by atoms with van der Waals surface area (Å²) in [6.07, 6.45) is 6.82. The second kappa shape index (κ2) is 3.41.